The van der Waals surface area contributed by atoms with Crippen molar-refractivity contribution in [2.45, 2.75) is 26.4 Å². The first-order valence-electron chi connectivity index (χ1n) is 8.66. The summed E-state index contributed by atoms with van der Waals surface area (Å²) in [5, 5.41) is 0. The van der Waals surface area contributed by atoms with Gasteiger partial charge in [0.2, 0.25) is 5.91 Å². The Balaban J connectivity index is 2.14. The number of nitrogens with two attached hydrogens (primary N) is 1. The molecule has 1 amide bonds. The minimum absolute atomic E-state index is 0.00976. The van der Waals surface area contributed by atoms with Crippen molar-refractivity contribution in [3.63, 3.8) is 0 Å². The molecule has 2 unspecified atom stereocenters. The minimum atomic E-state index is -0.336. The molecule has 0 saturated heterocycles. The molecule has 0 bridgehead atoms. The second-order valence-corrected chi connectivity index (χ2v) is 6.55. The lowest BCUT2D eigenvalue weighted by atomic mass is 9.94. The fourth-order valence-electron chi connectivity index (χ4n) is 2.99. The summed E-state index contributed by atoms with van der Waals surface area (Å²) in [5.41, 5.74) is 9.32. The van der Waals surface area contributed by atoms with Gasteiger partial charge in [-0.15, -0.1) is 0 Å². The molecule has 0 aliphatic rings. The number of carbonyl (C=O) groups is 1. The molecule has 2 rings (SSSR count). The largest absolute Gasteiger partial charge is 0.493 e. The zero-order chi connectivity index (χ0) is 19.3. The summed E-state index contributed by atoms with van der Waals surface area (Å²) in [4.78, 5) is 14.6. The van der Waals surface area contributed by atoms with Crippen molar-refractivity contribution < 1.29 is 14.3 Å². The topological polar surface area (TPSA) is 64.8 Å². The van der Waals surface area contributed by atoms with Crippen LogP contribution in [0.15, 0.2) is 42.5 Å². The number of aryl methyl sites for hydroxylation is 1. The molecule has 2 aromatic carbocycles. The second kappa shape index (κ2) is 8.72. The number of nitrogens with zero attached hydrogens (tertiary/aromatic N) is 1. The molecule has 0 heterocycles. The van der Waals surface area contributed by atoms with Gasteiger partial charge in [-0.3, -0.25) is 4.79 Å². The summed E-state index contributed by atoms with van der Waals surface area (Å²) in [7, 11) is 5.01. The number of amides is 1. The zero-order valence-corrected chi connectivity index (χ0v) is 16.2. The van der Waals surface area contributed by atoms with Gasteiger partial charge in [0.05, 0.1) is 20.1 Å². The lowest BCUT2D eigenvalue weighted by Gasteiger charge is -2.26. The van der Waals surface area contributed by atoms with E-state index in [1.165, 1.54) is 0 Å². The monoisotopic (exact) mass is 356 g/mol. The van der Waals surface area contributed by atoms with Gasteiger partial charge < -0.3 is 20.1 Å². The molecule has 2 aromatic rings. The zero-order valence-electron chi connectivity index (χ0n) is 16.2. The van der Waals surface area contributed by atoms with E-state index in [1.54, 1.807) is 26.2 Å². The normalized spacial score (nSPS) is 13.0. The maximum Gasteiger partial charge on any atom is 0.227 e. The molecule has 140 valence electrons. The van der Waals surface area contributed by atoms with Crippen LogP contribution in [-0.4, -0.2) is 32.1 Å². The highest BCUT2D eigenvalue weighted by Crippen LogP contribution is 2.31. The molecule has 5 heteroatoms. The van der Waals surface area contributed by atoms with Crippen LogP contribution >= 0.6 is 0 Å². The molecule has 2 atom stereocenters. The van der Waals surface area contributed by atoms with Crippen LogP contribution in [0.2, 0.25) is 0 Å². The fourth-order valence-corrected chi connectivity index (χ4v) is 2.99. The maximum atomic E-state index is 12.8. The Kier molecular flexibility index (Phi) is 6.64. The van der Waals surface area contributed by atoms with Gasteiger partial charge in [-0.1, -0.05) is 37.3 Å². The quantitative estimate of drug-likeness (QED) is 0.827. The first-order valence-corrected chi connectivity index (χ1v) is 8.66. The second-order valence-electron chi connectivity index (χ2n) is 6.55. The summed E-state index contributed by atoms with van der Waals surface area (Å²) in [6, 6.07) is 13.2. The molecule has 0 fully saturated rings. The summed E-state index contributed by atoms with van der Waals surface area (Å²) < 4.78 is 10.7. The molecular formula is C21H28N2O3. The van der Waals surface area contributed by atoms with E-state index in [9.17, 15) is 4.79 Å². The van der Waals surface area contributed by atoms with Gasteiger partial charge in [0.1, 0.15) is 0 Å². The molecule has 0 aliphatic carbocycles. The Morgan fingerprint density at radius 2 is 1.69 bits per heavy atom. The number of rotatable bonds is 7. The van der Waals surface area contributed by atoms with Crippen molar-refractivity contribution >= 4 is 5.91 Å². The maximum absolute atomic E-state index is 12.8. The average Bonchev–Trinajstić information content (AvgIpc) is 2.67. The molecular weight excluding hydrogens is 328 g/mol. The molecule has 0 aromatic heterocycles. The molecule has 26 heavy (non-hydrogen) atoms. The summed E-state index contributed by atoms with van der Waals surface area (Å²) >= 11 is 0. The van der Waals surface area contributed by atoms with Gasteiger partial charge in [0.15, 0.2) is 11.5 Å². The van der Waals surface area contributed by atoms with Crippen LogP contribution < -0.4 is 15.2 Å². The van der Waals surface area contributed by atoms with Gasteiger partial charge in [-0.05, 0) is 35.7 Å². The minimum Gasteiger partial charge on any atom is -0.493 e. The van der Waals surface area contributed by atoms with E-state index in [0.717, 1.165) is 16.7 Å². The average molecular weight is 356 g/mol. The van der Waals surface area contributed by atoms with Gasteiger partial charge >= 0.3 is 0 Å². The van der Waals surface area contributed by atoms with Crippen LogP contribution in [0.5, 0.6) is 11.5 Å². The number of hydrogen-bond acceptors (Lipinski definition) is 4. The van der Waals surface area contributed by atoms with Crippen LogP contribution in [0.25, 0.3) is 0 Å². The van der Waals surface area contributed by atoms with E-state index >= 15 is 0 Å². The fraction of sp³-hybridized carbons (Fsp3) is 0.381. The smallest absolute Gasteiger partial charge is 0.227 e. The first-order chi connectivity index (χ1) is 12.4. The van der Waals surface area contributed by atoms with Crippen LogP contribution in [-0.2, 0) is 11.3 Å². The predicted octanol–water partition coefficient (Wildman–Crippen LogP) is 3.31. The standard InChI is InChI=1S/C21H28N2O3/c1-14-11-18(25-4)19(26-5)12-17(14)13-23(3)21(24)15(2)20(22)16-9-7-6-8-10-16/h6-12,15,20H,13,22H2,1-5H3. The van der Waals surface area contributed by atoms with E-state index < -0.39 is 0 Å². The summed E-state index contributed by atoms with van der Waals surface area (Å²) in [5.74, 6) is 1.03. The Labute approximate surface area is 155 Å². The molecule has 0 radical (unpaired) electrons. The SMILES string of the molecule is COc1cc(C)c(CN(C)C(=O)C(C)C(N)c2ccccc2)cc1OC. The Hall–Kier alpha value is -2.53. The third-order valence-electron chi connectivity index (χ3n) is 4.74. The van der Waals surface area contributed by atoms with Gasteiger partial charge in [0.25, 0.3) is 0 Å². The lowest BCUT2D eigenvalue weighted by molar-refractivity contribution is -0.134. The van der Waals surface area contributed by atoms with Gasteiger partial charge in [-0.2, -0.15) is 0 Å². The predicted molar refractivity (Wildman–Crippen MR) is 103 cm³/mol. The molecule has 2 N–H and O–H groups in total. The molecule has 0 saturated carbocycles. The highest BCUT2D eigenvalue weighted by atomic mass is 16.5. The number of ether oxygens (including phenoxy) is 2. The van der Waals surface area contributed by atoms with E-state index in [-0.39, 0.29) is 17.9 Å². The van der Waals surface area contributed by atoms with E-state index in [2.05, 4.69) is 0 Å². The van der Waals surface area contributed by atoms with Crippen LogP contribution in [0, 0.1) is 12.8 Å². The van der Waals surface area contributed by atoms with Crippen LogP contribution in [0.3, 0.4) is 0 Å². The van der Waals surface area contributed by atoms with Crippen molar-refractivity contribution in [1.29, 1.82) is 0 Å². The van der Waals surface area contributed by atoms with Crippen molar-refractivity contribution in [2.75, 3.05) is 21.3 Å². The van der Waals surface area contributed by atoms with Crippen molar-refractivity contribution in [3.05, 3.63) is 59.2 Å². The Morgan fingerprint density at radius 3 is 2.27 bits per heavy atom. The molecule has 0 aliphatic heterocycles. The molecule has 0 spiro atoms. The van der Waals surface area contributed by atoms with E-state index in [0.29, 0.717) is 18.0 Å². The number of benzene rings is 2. The van der Waals surface area contributed by atoms with Crippen molar-refractivity contribution in [3.8, 4) is 11.5 Å². The molecule has 5 nitrogen and oxygen atoms in total. The Bertz CT molecular complexity index is 746. The third-order valence-corrected chi connectivity index (χ3v) is 4.74. The van der Waals surface area contributed by atoms with E-state index in [1.807, 2.05) is 56.3 Å². The summed E-state index contributed by atoms with van der Waals surface area (Å²) in [6.45, 7) is 4.35. The van der Waals surface area contributed by atoms with E-state index in [4.69, 9.17) is 15.2 Å². The van der Waals surface area contributed by atoms with Crippen molar-refractivity contribution in [1.82, 2.24) is 4.90 Å². The van der Waals surface area contributed by atoms with Crippen LogP contribution in [0.1, 0.15) is 29.7 Å². The van der Waals surface area contributed by atoms with Crippen molar-refractivity contribution in [2.24, 2.45) is 11.7 Å². The highest BCUT2D eigenvalue weighted by molar-refractivity contribution is 5.79. The Morgan fingerprint density at radius 1 is 1.12 bits per heavy atom. The van der Waals surface area contributed by atoms with Gasteiger partial charge in [-0.25, -0.2) is 0 Å². The number of hydrogen-bond donors (Lipinski definition) is 1. The number of methoxy groups -OCH3 is 2. The lowest BCUT2D eigenvalue weighted by Crippen LogP contribution is -2.36. The first kappa shape index (κ1) is 19.8. The highest BCUT2D eigenvalue weighted by Gasteiger charge is 2.25. The number of carbonyl (C=O) groups excluding carboxylic acids is 1. The van der Waals surface area contributed by atoms with Crippen LogP contribution in [0.4, 0.5) is 0 Å². The summed E-state index contributed by atoms with van der Waals surface area (Å²) in [6.07, 6.45) is 0. The third kappa shape index (κ3) is 4.35. The van der Waals surface area contributed by atoms with Gasteiger partial charge in [0, 0.05) is 19.6 Å².